The normalized spacial score (nSPS) is 14.5. The number of hydrogen-bond acceptors (Lipinski definition) is 3. The largest absolute Gasteiger partial charge is 0.337 e. The van der Waals surface area contributed by atoms with Gasteiger partial charge in [0, 0.05) is 37.4 Å². The van der Waals surface area contributed by atoms with E-state index < -0.39 is 0 Å². The molecule has 0 bridgehead atoms. The van der Waals surface area contributed by atoms with E-state index in [9.17, 15) is 9.59 Å². The average Bonchev–Trinajstić information content (AvgIpc) is 3.11. The molecule has 2 heterocycles. The predicted octanol–water partition coefficient (Wildman–Crippen LogP) is 3.17. The van der Waals surface area contributed by atoms with Gasteiger partial charge in [0.2, 0.25) is 0 Å². The van der Waals surface area contributed by atoms with Gasteiger partial charge in [-0.05, 0) is 37.6 Å². The van der Waals surface area contributed by atoms with Crippen molar-refractivity contribution in [3.63, 3.8) is 0 Å². The molecule has 1 aromatic heterocycles. The lowest BCUT2D eigenvalue weighted by molar-refractivity contribution is 0.0714. The van der Waals surface area contributed by atoms with Gasteiger partial charge in [-0.3, -0.25) is 14.2 Å². The Morgan fingerprint density at radius 1 is 0.862 bits per heavy atom. The first kappa shape index (κ1) is 18.9. The first-order valence-electron chi connectivity index (χ1n) is 9.86. The maximum Gasteiger partial charge on any atom is 0.272 e. The Morgan fingerprint density at radius 2 is 1.59 bits per heavy atom. The molecule has 2 aromatic carbocycles. The van der Waals surface area contributed by atoms with Crippen LogP contribution in [-0.4, -0.2) is 57.3 Å². The second-order valence-corrected chi connectivity index (χ2v) is 7.29. The SMILES string of the molecule is Cc1cccc(C(=O)N2CCCN(C(=O)c3cncn3-c3ccccc3)CC2)c1. The van der Waals surface area contributed by atoms with E-state index in [1.807, 2.05) is 75.9 Å². The van der Waals surface area contributed by atoms with Crippen molar-refractivity contribution in [2.24, 2.45) is 0 Å². The zero-order valence-corrected chi connectivity index (χ0v) is 16.5. The second-order valence-electron chi connectivity index (χ2n) is 7.29. The molecule has 0 spiro atoms. The Kier molecular flexibility index (Phi) is 5.42. The molecule has 2 amide bonds. The lowest BCUT2D eigenvalue weighted by Gasteiger charge is -2.22. The van der Waals surface area contributed by atoms with Crippen LogP contribution in [0.4, 0.5) is 0 Å². The van der Waals surface area contributed by atoms with E-state index in [0.29, 0.717) is 37.4 Å². The van der Waals surface area contributed by atoms with Gasteiger partial charge in [-0.15, -0.1) is 0 Å². The van der Waals surface area contributed by atoms with Gasteiger partial charge in [-0.2, -0.15) is 0 Å². The minimum Gasteiger partial charge on any atom is -0.337 e. The third kappa shape index (κ3) is 4.06. The smallest absolute Gasteiger partial charge is 0.272 e. The predicted molar refractivity (Wildman–Crippen MR) is 111 cm³/mol. The second kappa shape index (κ2) is 8.31. The fourth-order valence-corrected chi connectivity index (χ4v) is 3.69. The third-order valence-corrected chi connectivity index (χ3v) is 5.23. The molecular weight excluding hydrogens is 364 g/mol. The van der Waals surface area contributed by atoms with Crippen LogP contribution in [0.5, 0.6) is 0 Å². The number of hydrogen-bond donors (Lipinski definition) is 0. The summed E-state index contributed by atoms with van der Waals surface area (Å²) < 4.78 is 1.81. The van der Waals surface area contributed by atoms with Crippen LogP contribution in [0.3, 0.4) is 0 Å². The molecule has 1 fully saturated rings. The van der Waals surface area contributed by atoms with Crippen molar-refractivity contribution in [1.82, 2.24) is 19.4 Å². The molecule has 0 aliphatic carbocycles. The minimum atomic E-state index is -0.0591. The molecule has 0 unspecified atom stereocenters. The lowest BCUT2D eigenvalue weighted by Crippen LogP contribution is -2.38. The molecule has 1 saturated heterocycles. The van der Waals surface area contributed by atoms with Gasteiger partial charge < -0.3 is 9.80 Å². The molecule has 1 aliphatic heterocycles. The molecule has 0 saturated carbocycles. The summed E-state index contributed by atoms with van der Waals surface area (Å²) in [5, 5.41) is 0. The van der Waals surface area contributed by atoms with Gasteiger partial charge >= 0.3 is 0 Å². The van der Waals surface area contributed by atoms with E-state index in [0.717, 1.165) is 17.7 Å². The van der Waals surface area contributed by atoms with Gasteiger partial charge in [0.1, 0.15) is 5.69 Å². The number of nitrogens with zero attached hydrogens (tertiary/aromatic N) is 4. The zero-order chi connectivity index (χ0) is 20.2. The van der Waals surface area contributed by atoms with Crippen LogP contribution in [0.15, 0.2) is 67.1 Å². The van der Waals surface area contributed by atoms with E-state index in [1.54, 1.807) is 12.5 Å². The number of carbonyl (C=O) groups excluding carboxylic acids is 2. The Balaban J connectivity index is 1.47. The number of carbonyl (C=O) groups is 2. The lowest BCUT2D eigenvalue weighted by atomic mass is 10.1. The fourth-order valence-electron chi connectivity index (χ4n) is 3.69. The summed E-state index contributed by atoms with van der Waals surface area (Å²) in [6.45, 7) is 4.29. The highest BCUT2D eigenvalue weighted by Gasteiger charge is 2.25. The maximum atomic E-state index is 13.2. The van der Waals surface area contributed by atoms with Crippen molar-refractivity contribution in [2.75, 3.05) is 26.2 Å². The summed E-state index contributed by atoms with van der Waals surface area (Å²) >= 11 is 0. The van der Waals surface area contributed by atoms with E-state index in [-0.39, 0.29) is 11.8 Å². The molecule has 6 heteroatoms. The van der Waals surface area contributed by atoms with Crippen LogP contribution >= 0.6 is 0 Å². The molecule has 0 radical (unpaired) electrons. The van der Waals surface area contributed by atoms with Gasteiger partial charge in [0.05, 0.1) is 12.5 Å². The number of aryl methyl sites for hydroxylation is 1. The molecule has 148 valence electrons. The van der Waals surface area contributed by atoms with Crippen molar-refractivity contribution in [3.05, 3.63) is 83.9 Å². The van der Waals surface area contributed by atoms with Crippen molar-refractivity contribution in [1.29, 1.82) is 0 Å². The molecule has 4 rings (SSSR count). The number of imidazole rings is 1. The number of rotatable bonds is 3. The molecule has 6 nitrogen and oxygen atoms in total. The van der Waals surface area contributed by atoms with Crippen molar-refractivity contribution >= 4 is 11.8 Å². The van der Waals surface area contributed by atoms with Gasteiger partial charge in [0.25, 0.3) is 11.8 Å². The molecule has 0 N–H and O–H groups in total. The van der Waals surface area contributed by atoms with Gasteiger partial charge in [-0.1, -0.05) is 35.9 Å². The summed E-state index contributed by atoms with van der Waals surface area (Å²) in [5.41, 5.74) is 3.21. The highest BCUT2D eigenvalue weighted by molar-refractivity contribution is 5.95. The van der Waals surface area contributed by atoms with Crippen molar-refractivity contribution in [3.8, 4) is 5.69 Å². The van der Waals surface area contributed by atoms with Crippen LogP contribution in [0.1, 0.15) is 32.8 Å². The number of benzene rings is 2. The number of amides is 2. The summed E-state index contributed by atoms with van der Waals surface area (Å²) in [5.74, 6) is -0.0338. The molecule has 29 heavy (non-hydrogen) atoms. The summed E-state index contributed by atoms with van der Waals surface area (Å²) in [6.07, 6.45) is 4.02. The Bertz CT molecular complexity index is 1010. The Labute approximate surface area is 170 Å². The fraction of sp³-hybridized carbons (Fsp3) is 0.261. The summed E-state index contributed by atoms with van der Waals surface area (Å²) in [7, 11) is 0. The van der Waals surface area contributed by atoms with Crippen LogP contribution in [0.25, 0.3) is 5.69 Å². The Hall–Kier alpha value is -3.41. The topological polar surface area (TPSA) is 58.4 Å². The monoisotopic (exact) mass is 388 g/mol. The quantitative estimate of drug-likeness (QED) is 0.692. The minimum absolute atomic E-state index is 0.0253. The van der Waals surface area contributed by atoms with Crippen LogP contribution in [0.2, 0.25) is 0 Å². The zero-order valence-electron chi connectivity index (χ0n) is 16.5. The van der Waals surface area contributed by atoms with Crippen LogP contribution < -0.4 is 0 Å². The number of aromatic nitrogens is 2. The van der Waals surface area contributed by atoms with Crippen molar-refractivity contribution in [2.45, 2.75) is 13.3 Å². The highest BCUT2D eigenvalue weighted by Crippen LogP contribution is 2.16. The van der Waals surface area contributed by atoms with E-state index in [2.05, 4.69) is 4.98 Å². The standard InChI is InChI=1S/C23H24N4O2/c1-18-7-5-8-19(15-18)22(28)25-11-6-12-26(14-13-25)23(29)21-16-24-17-27(21)20-9-3-2-4-10-20/h2-5,7-10,15-17H,6,11-14H2,1H3. The van der Waals surface area contributed by atoms with E-state index >= 15 is 0 Å². The average molecular weight is 388 g/mol. The van der Waals surface area contributed by atoms with Crippen molar-refractivity contribution < 1.29 is 9.59 Å². The third-order valence-electron chi connectivity index (χ3n) is 5.23. The molecule has 3 aromatic rings. The van der Waals surface area contributed by atoms with Gasteiger partial charge in [0.15, 0.2) is 0 Å². The first-order chi connectivity index (χ1) is 14.1. The highest BCUT2D eigenvalue weighted by atomic mass is 16.2. The number of para-hydroxylation sites is 1. The molecule has 1 aliphatic rings. The first-order valence-corrected chi connectivity index (χ1v) is 9.86. The van der Waals surface area contributed by atoms with E-state index in [4.69, 9.17) is 0 Å². The summed E-state index contributed by atoms with van der Waals surface area (Å²) in [6, 6.07) is 17.4. The van der Waals surface area contributed by atoms with Crippen LogP contribution in [-0.2, 0) is 0 Å². The summed E-state index contributed by atoms with van der Waals surface area (Å²) in [4.78, 5) is 33.9. The molecular formula is C23H24N4O2. The molecule has 0 atom stereocenters. The maximum absolute atomic E-state index is 13.2. The van der Waals surface area contributed by atoms with E-state index in [1.165, 1.54) is 0 Å². The Morgan fingerprint density at radius 3 is 2.31 bits per heavy atom. The van der Waals surface area contributed by atoms with Crippen LogP contribution in [0, 0.1) is 6.92 Å². The van der Waals surface area contributed by atoms with Gasteiger partial charge in [-0.25, -0.2) is 4.98 Å².